The van der Waals surface area contributed by atoms with E-state index < -0.39 is 41.0 Å². The fourth-order valence-electron chi connectivity index (χ4n) is 4.92. The maximum Gasteiger partial charge on any atom is 0.430 e. The van der Waals surface area contributed by atoms with Gasteiger partial charge in [-0.2, -0.15) is 26.3 Å². The van der Waals surface area contributed by atoms with E-state index in [-0.39, 0.29) is 37.3 Å². The number of carbonyl (C=O) groups is 2. The molecule has 0 bridgehead atoms. The minimum atomic E-state index is -6.01. The Hall–Kier alpha value is -4.12. The number of carbonyl (C=O) groups excluding carboxylic acids is 2. The molecule has 8 nitrogen and oxygen atoms in total. The summed E-state index contributed by atoms with van der Waals surface area (Å²) in [6.07, 6.45) is -11.4. The normalized spacial score (nSPS) is 18.7. The Morgan fingerprint density at radius 2 is 1.65 bits per heavy atom. The summed E-state index contributed by atoms with van der Waals surface area (Å²) in [6, 6.07) is 6.32. The van der Waals surface area contributed by atoms with E-state index in [0.29, 0.717) is 48.8 Å². The topological polar surface area (TPSA) is 97.3 Å². The monoisotopic (exact) mass is 614 g/mol. The van der Waals surface area contributed by atoms with Crippen molar-refractivity contribution >= 4 is 11.9 Å². The van der Waals surface area contributed by atoms with Crippen molar-refractivity contribution in [1.29, 1.82) is 0 Å². The Morgan fingerprint density at radius 3 is 2.28 bits per heavy atom. The number of hydrogen-bond acceptors (Lipinski definition) is 6. The number of imide groups is 1. The Morgan fingerprint density at radius 1 is 0.977 bits per heavy atom. The van der Waals surface area contributed by atoms with E-state index in [9.17, 15) is 41.0 Å². The molecule has 3 amide bonds. The van der Waals surface area contributed by atoms with Gasteiger partial charge in [-0.1, -0.05) is 44.2 Å². The van der Waals surface area contributed by atoms with Crippen LogP contribution in [0, 0.1) is 11.8 Å². The number of fused-ring (bicyclic) bond motifs is 1. The average molecular weight is 615 g/mol. The van der Waals surface area contributed by atoms with Gasteiger partial charge in [0.05, 0.1) is 6.54 Å². The minimum Gasteiger partial charge on any atom is -0.486 e. The lowest BCUT2D eigenvalue weighted by molar-refractivity contribution is -0.376. The molecule has 0 aromatic heterocycles. The van der Waals surface area contributed by atoms with Gasteiger partial charge in [0.2, 0.25) is 0 Å². The number of benzene rings is 2. The maximum absolute atomic E-state index is 13.4. The lowest BCUT2D eigenvalue weighted by atomic mass is 9.87. The molecule has 1 saturated heterocycles. The predicted molar refractivity (Wildman–Crippen MR) is 139 cm³/mol. The molecule has 2 aromatic carbocycles. The van der Waals surface area contributed by atoms with Crippen LogP contribution in [0.1, 0.15) is 43.4 Å². The van der Waals surface area contributed by atoms with Gasteiger partial charge in [0.1, 0.15) is 31.1 Å². The Bertz CT molecular complexity index is 1430. The second-order valence-electron chi connectivity index (χ2n) is 9.86. The fraction of sp³-hybridized carbons (Fsp3) is 0.448. The summed E-state index contributed by atoms with van der Waals surface area (Å²) < 4.78 is 96.5. The number of rotatable bonds is 8. The third kappa shape index (κ3) is 5.78. The molecule has 2 aliphatic heterocycles. The van der Waals surface area contributed by atoms with Crippen LogP contribution in [0.4, 0.5) is 31.1 Å². The van der Waals surface area contributed by atoms with Crippen LogP contribution in [-0.4, -0.2) is 60.7 Å². The van der Waals surface area contributed by atoms with Gasteiger partial charge in [-0.05, 0) is 48.2 Å². The first kappa shape index (κ1) is 31.8. The smallest absolute Gasteiger partial charge is 0.430 e. The number of aryl methyl sites for hydroxylation is 1. The van der Waals surface area contributed by atoms with E-state index in [4.69, 9.17) is 14.2 Å². The summed E-state index contributed by atoms with van der Waals surface area (Å²) in [5, 5.41) is 12.5. The molecule has 2 aliphatic rings. The van der Waals surface area contributed by atoms with Gasteiger partial charge in [-0.15, -0.1) is 0 Å². The van der Waals surface area contributed by atoms with Crippen LogP contribution in [0.3, 0.4) is 0 Å². The number of halogens is 6. The highest BCUT2D eigenvalue weighted by molar-refractivity contribution is 6.07. The maximum atomic E-state index is 13.4. The van der Waals surface area contributed by atoms with E-state index in [1.807, 2.05) is 0 Å². The van der Waals surface area contributed by atoms with Gasteiger partial charge in [-0.3, -0.25) is 9.69 Å². The zero-order valence-electron chi connectivity index (χ0n) is 23.1. The van der Waals surface area contributed by atoms with Gasteiger partial charge >= 0.3 is 18.4 Å². The van der Waals surface area contributed by atoms with E-state index >= 15 is 0 Å². The van der Waals surface area contributed by atoms with Crippen LogP contribution in [0.2, 0.25) is 0 Å². The molecule has 0 aliphatic carbocycles. The van der Waals surface area contributed by atoms with E-state index in [2.05, 4.69) is 17.2 Å². The Labute approximate surface area is 242 Å². The zero-order chi connectivity index (χ0) is 31.6. The highest BCUT2D eigenvalue weighted by Crippen LogP contribution is 2.50. The van der Waals surface area contributed by atoms with Gasteiger partial charge in [-0.25, -0.2) is 4.79 Å². The van der Waals surface area contributed by atoms with Crippen LogP contribution in [-0.2, 0) is 22.4 Å². The molecule has 1 atom stereocenters. The van der Waals surface area contributed by atoms with Crippen molar-refractivity contribution in [2.24, 2.45) is 0 Å². The molecule has 2 N–H and O–H groups in total. The second-order valence-corrected chi connectivity index (χ2v) is 9.86. The van der Waals surface area contributed by atoms with Gasteiger partial charge in [0, 0.05) is 5.56 Å². The van der Waals surface area contributed by atoms with Crippen molar-refractivity contribution in [1.82, 2.24) is 10.2 Å². The van der Waals surface area contributed by atoms with Crippen LogP contribution >= 0.6 is 0 Å². The predicted octanol–water partition coefficient (Wildman–Crippen LogP) is 4.96. The number of nitrogens with zero attached hydrogens (tertiary/aromatic N) is 1. The highest BCUT2D eigenvalue weighted by atomic mass is 19.4. The quantitative estimate of drug-likeness (QED) is 0.248. The molecule has 43 heavy (non-hydrogen) atoms. The molecule has 0 saturated carbocycles. The third-order valence-corrected chi connectivity index (χ3v) is 7.22. The molecular formula is C29H28F6N2O6. The van der Waals surface area contributed by atoms with Gasteiger partial charge in [0.15, 0.2) is 11.5 Å². The molecule has 2 aromatic rings. The molecule has 232 valence electrons. The minimum absolute atomic E-state index is 0.00924. The van der Waals surface area contributed by atoms with E-state index in [0.717, 1.165) is 11.0 Å². The summed E-state index contributed by atoms with van der Waals surface area (Å²) >= 11 is 0. The molecular weight excluding hydrogens is 586 g/mol. The summed E-state index contributed by atoms with van der Waals surface area (Å²) in [5.74, 6) is 5.65. The Balaban J connectivity index is 1.47. The fourth-order valence-corrected chi connectivity index (χ4v) is 4.92. The number of ether oxygens (including phenoxy) is 3. The highest BCUT2D eigenvalue weighted by Gasteiger charge is 2.71. The summed E-state index contributed by atoms with van der Waals surface area (Å²) in [4.78, 5) is 27.0. The largest absolute Gasteiger partial charge is 0.486 e. The molecule has 0 radical (unpaired) electrons. The summed E-state index contributed by atoms with van der Waals surface area (Å²) in [7, 11) is 0. The first-order chi connectivity index (χ1) is 20.2. The molecule has 1 fully saturated rings. The Kier molecular flexibility index (Phi) is 8.78. The number of hydrogen-bond donors (Lipinski definition) is 2. The van der Waals surface area contributed by atoms with E-state index in [1.165, 1.54) is 0 Å². The van der Waals surface area contributed by atoms with Crippen molar-refractivity contribution in [3.8, 4) is 29.1 Å². The van der Waals surface area contributed by atoms with Crippen molar-refractivity contribution in [3.05, 3.63) is 53.1 Å². The standard InChI is InChI=1S/C29H28F6N2O6/c1-3-7-18-16-20(27(40,28(30,31)32)29(33,34)35)9-10-21(18)41-13-6-5-12-37-24(38)26(4-2,36-25(37)39)19-8-11-22-23(17-19)43-15-14-42-22/h8-11,16-17,40H,3-4,7,12-15H2,1-2H3,(H,36,39). The molecule has 0 spiro atoms. The van der Waals surface area contributed by atoms with E-state index in [1.54, 1.807) is 32.0 Å². The van der Waals surface area contributed by atoms with Gasteiger partial charge in [0.25, 0.3) is 11.5 Å². The van der Waals surface area contributed by atoms with Crippen molar-refractivity contribution in [3.63, 3.8) is 0 Å². The first-order valence-corrected chi connectivity index (χ1v) is 13.3. The molecule has 14 heteroatoms. The molecule has 2 heterocycles. The zero-order valence-corrected chi connectivity index (χ0v) is 23.1. The number of alkyl halides is 6. The lowest BCUT2D eigenvalue weighted by Gasteiger charge is -2.33. The third-order valence-electron chi connectivity index (χ3n) is 7.22. The van der Waals surface area contributed by atoms with Crippen LogP contribution < -0.4 is 19.5 Å². The SMILES string of the molecule is CCCc1cc(C(O)(C(F)(F)F)C(F)(F)F)ccc1OCC#CCN1C(=O)NC(CC)(c2ccc3c(c2)OCCO3)C1=O. The second kappa shape index (κ2) is 11.9. The molecule has 4 rings (SSSR count). The van der Waals surface area contributed by atoms with Gasteiger partial charge < -0.3 is 24.6 Å². The van der Waals surface area contributed by atoms with Crippen molar-refractivity contribution < 1.29 is 55.2 Å². The first-order valence-electron chi connectivity index (χ1n) is 13.3. The average Bonchev–Trinajstić information content (AvgIpc) is 3.21. The number of nitrogens with one attached hydrogen (secondary N) is 1. The number of aliphatic hydroxyl groups is 1. The van der Waals surface area contributed by atoms with Crippen LogP contribution in [0.5, 0.6) is 17.2 Å². The summed E-state index contributed by atoms with van der Waals surface area (Å²) in [6.45, 7) is 3.49. The number of amides is 3. The van der Waals surface area contributed by atoms with Crippen LogP contribution in [0.15, 0.2) is 36.4 Å². The molecule has 1 unspecified atom stereocenters. The van der Waals surface area contributed by atoms with Crippen LogP contribution in [0.25, 0.3) is 0 Å². The lowest BCUT2D eigenvalue weighted by Crippen LogP contribution is -2.53. The van der Waals surface area contributed by atoms with Crippen molar-refractivity contribution in [2.75, 3.05) is 26.4 Å². The number of urea groups is 1. The van der Waals surface area contributed by atoms with Crippen molar-refractivity contribution in [2.45, 2.75) is 56.6 Å². The summed E-state index contributed by atoms with van der Waals surface area (Å²) in [5.41, 5.74) is -7.28.